The number of phenols is 3. The Balaban J connectivity index is 1.49. The van der Waals surface area contributed by atoms with Crippen LogP contribution in [0.5, 0.6) is 28.7 Å². The molecule has 0 amide bonds. The highest BCUT2D eigenvalue weighted by molar-refractivity contribution is 5.89. The highest BCUT2D eigenvalue weighted by Gasteiger charge is 2.47. The molecule has 0 aliphatic carbocycles. The van der Waals surface area contributed by atoms with E-state index in [2.05, 4.69) is 0 Å². The van der Waals surface area contributed by atoms with E-state index in [0.717, 1.165) is 12.1 Å². The minimum Gasteiger partial charge on any atom is -0.507 e. The Labute approximate surface area is 259 Å². The van der Waals surface area contributed by atoms with E-state index in [-0.39, 0.29) is 39.5 Å². The largest absolute Gasteiger partial charge is 0.507 e. The molecule has 0 radical (unpaired) electrons. The second-order valence-corrected chi connectivity index (χ2v) is 11.1. The van der Waals surface area contributed by atoms with Crippen LogP contribution in [-0.2, 0) is 18.9 Å². The van der Waals surface area contributed by atoms with Crippen LogP contribution in [0.3, 0.4) is 0 Å². The second-order valence-electron chi connectivity index (χ2n) is 11.1. The maximum absolute atomic E-state index is 10.8. The third-order valence-electron chi connectivity index (χ3n) is 7.86. The minimum atomic E-state index is -1.81. The number of benzene rings is 2. The Morgan fingerprint density at radius 3 is 1.89 bits per heavy atom. The van der Waals surface area contributed by atoms with Crippen molar-refractivity contribution in [1.82, 2.24) is 0 Å². The van der Waals surface area contributed by atoms with Gasteiger partial charge in [0.2, 0.25) is 18.3 Å². The quantitative estimate of drug-likeness (QED) is 0.103. The van der Waals surface area contributed by atoms with E-state index < -0.39 is 99.0 Å². The number of aromatic hydroxyl groups is 3. The Kier molecular flexibility index (Phi) is 9.07. The van der Waals surface area contributed by atoms with Crippen molar-refractivity contribution >= 4 is 11.0 Å². The van der Waals surface area contributed by atoms with Crippen LogP contribution in [0.25, 0.3) is 22.3 Å². The van der Waals surface area contributed by atoms with Crippen molar-refractivity contribution < 1.29 is 83.9 Å². The SMILES string of the molecule is Oc1cc2c3cc(c(-c4ccc(O)c(O)c4)[o+]c3c1)O[C@H]1O[C@@H](COCC(O)OC[C@H]3O[C@H](O2)[C@@H](O)[C@@H](O)C3O)[C@H](O)[C@@H](O)[C@H]1O. The molecule has 2 aromatic carbocycles. The molecule has 46 heavy (non-hydrogen) atoms. The molecule has 17 nitrogen and oxygen atoms in total. The first-order chi connectivity index (χ1) is 21.9. The smallest absolute Gasteiger partial charge is 0.402 e. The Morgan fingerprint density at radius 1 is 0.609 bits per heavy atom. The maximum Gasteiger partial charge on any atom is 0.402 e. The van der Waals surface area contributed by atoms with Gasteiger partial charge in [0.1, 0.15) is 65.7 Å². The van der Waals surface area contributed by atoms with Crippen LogP contribution >= 0.6 is 0 Å². The van der Waals surface area contributed by atoms with Crippen molar-refractivity contribution in [2.24, 2.45) is 0 Å². The zero-order valence-corrected chi connectivity index (χ0v) is 23.8. The third-order valence-corrected chi connectivity index (χ3v) is 7.86. The summed E-state index contributed by atoms with van der Waals surface area (Å²) in [7, 11) is 0. The number of hydrogen-bond donors (Lipinski definition) is 10. The van der Waals surface area contributed by atoms with Crippen molar-refractivity contribution in [2.75, 3.05) is 19.8 Å². The van der Waals surface area contributed by atoms with E-state index in [1.165, 1.54) is 24.3 Å². The molecule has 2 saturated heterocycles. The van der Waals surface area contributed by atoms with Gasteiger partial charge in [0, 0.05) is 18.2 Å². The summed E-state index contributed by atoms with van der Waals surface area (Å²) in [6, 6.07) is 7.35. The molecule has 4 heterocycles. The number of aliphatic hydroxyl groups is 7. The first-order valence-electron chi connectivity index (χ1n) is 14.2. The number of phenolic OH excluding ortho intramolecular Hbond substituents is 3. The maximum atomic E-state index is 10.8. The zero-order chi connectivity index (χ0) is 32.9. The highest BCUT2D eigenvalue weighted by atomic mass is 16.7. The summed E-state index contributed by atoms with van der Waals surface area (Å²) in [5.74, 6) is -1.82. The van der Waals surface area contributed by atoms with Crippen molar-refractivity contribution in [1.29, 1.82) is 0 Å². The molecule has 10 N–H and O–H groups in total. The fourth-order valence-corrected chi connectivity index (χ4v) is 5.31. The van der Waals surface area contributed by atoms with Crippen LogP contribution in [-0.4, -0.2) is 139 Å². The molecule has 17 heteroatoms. The minimum absolute atomic E-state index is 0.0416. The van der Waals surface area contributed by atoms with E-state index in [1.807, 2.05) is 0 Å². The van der Waals surface area contributed by atoms with Crippen LogP contribution in [0.2, 0.25) is 0 Å². The molecule has 0 spiro atoms. The second kappa shape index (κ2) is 12.9. The topological polar surface area (TPSA) is 269 Å². The third kappa shape index (κ3) is 6.23. The summed E-state index contributed by atoms with van der Waals surface area (Å²) in [6.07, 6.45) is -18.0. The summed E-state index contributed by atoms with van der Waals surface area (Å²) >= 11 is 0. The van der Waals surface area contributed by atoms with Crippen molar-refractivity contribution in [3.8, 4) is 40.1 Å². The molecule has 250 valence electrons. The molecule has 3 aliphatic heterocycles. The average Bonchev–Trinajstić information content (AvgIpc) is 3.02. The van der Waals surface area contributed by atoms with Gasteiger partial charge in [-0.3, -0.25) is 0 Å². The van der Waals surface area contributed by atoms with Gasteiger partial charge in [0.15, 0.2) is 17.8 Å². The summed E-state index contributed by atoms with van der Waals surface area (Å²) in [4.78, 5) is 0. The number of hydrogen-bond acceptors (Lipinski definition) is 16. The lowest BCUT2D eigenvalue weighted by Gasteiger charge is -2.40. The Hall–Kier alpha value is -3.59. The van der Waals surface area contributed by atoms with Gasteiger partial charge in [0.05, 0.1) is 31.5 Å². The predicted molar refractivity (Wildman–Crippen MR) is 148 cm³/mol. The fourth-order valence-electron chi connectivity index (χ4n) is 5.31. The highest BCUT2D eigenvalue weighted by Crippen LogP contribution is 2.43. The van der Waals surface area contributed by atoms with Gasteiger partial charge in [-0.05, 0) is 12.1 Å². The van der Waals surface area contributed by atoms with Gasteiger partial charge in [-0.15, -0.1) is 0 Å². The first-order valence-corrected chi connectivity index (χ1v) is 14.2. The molecule has 3 aliphatic rings. The standard InChI is InChI=1S/C29H32O17/c30-11-4-15-12-6-17(27(42-15)10-1-2-13(31)14(32)3-10)44-29-26(39)23(36)21(34)18(45-29)7-40-9-20(33)41-8-19-22(35)24(37)25(38)28(46-19)43-16(12)5-11/h1-6,18-26,28-29,33-39H,7-9H2,(H2-,30,31,32)/p+1/t18-,19+,20?,21-,22?,23+,24-,25-,26+,28-,29-/m0/s1. The van der Waals surface area contributed by atoms with Crippen LogP contribution in [0.4, 0.5) is 0 Å². The van der Waals surface area contributed by atoms with E-state index in [9.17, 15) is 51.1 Å². The summed E-state index contributed by atoms with van der Waals surface area (Å²) in [5, 5.41) is 104. The molecule has 11 atom stereocenters. The zero-order valence-electron chi connectivity index (χ0n) is 23.8. The van der Waals surface area contributed by atoms with Gasteiger partial charge < -0.3 is 79.5 Å². The molecule has 2 unspecified atom stereocenters. The average molecular weight is 654 g/mol. The van der Waals surface area contributed by atoms with E-state index >= 15 is 0 Å². The van der Waals surface area contributed by atoms with Crippen molar-refractivity contribution in [3.05, 3.63) is 36.4 Å². The normalized spacial score (nSPS) is 35.5. The van der Waals surface area contributed by atoms with E-state index in [4.69, 9.17) is 32.8 Å². The Bertz CT molecular complexity index is 1550. The Morgan fingerprint density at radius 2 is 1.24 bits per heavy atom. The lowest BCUT2D eigenvalue weighted by molar-refractivity contribution is -0.291. The summed E-state index contributed by atoms with van der Waals surface area (Å²) in [6.45, 7) is -1.40. The number of aliphatic hydroxyl groups excluding tert-OH is 7. The number of rotatable bonds is 1. The lowest BCUT2D eigenvalue weighted by Crippen LogP contribution is -2.60. The molecule has 6 bridgehead atoms. The monoisotopic (exact) mass is 653 g/mol. The number of ether oxygens (including phenoxy) is 6. The molecular weight excluding hydrogens is 620 g/mol. The molecular formula is C29H33O17+. The van der Waals surface area contributed by atoms with Crippen molar-refractivity contribution in [3.63, 3.8) is 0 Å². The van der Waals surface area contributed by atoms with Crippen LogP contribution in [0, 0.1) is 0 Å². The molecule has 3 aromatic rings. The first kappa shape index (κ1) is 32.4. The summed E-state index contributed by atoms with van der Waals surface area (Å²) in [5.41, 5.74) is 0.103. The fraction of sp³-hybridized carbons (Fsp3) is 0.483. The van der Waals surface area contributed by atoms with Gasteiger partial charge in [-0.2, -0.15) is 0 Å². The van der Waals surface area contributed by atoms with Crippen molar-refractivity contribution in [2.45, 2.75) is 67.7 Å². The lowest BCUT2D eigenvalue weighted by atomic mass is 9.99. The molecule has 2 fully saturated rings. The van der Waals surface area contributed by atoms with E-state index in [0.29, 0.717) is 0 Å². The predicted octanol–water partition coefficient (Wildman–Crippen LogP) is -1.76. The van der Waals surface area contributed by atoms with Crippen LogP contribution < -0.4 is 9.47 Å². The van der Waals surface area contributed by atoms with Crippen LogP contribution in [0.15, 0.2) is 40.8 Å². The van der Waals surface area contributed by atoms with Gasteiger partial charge in [0.25, 0.3) is 0 Å². The van der Waals surface area contributed by atoms with E-state index in [1.54, 1.807) is 0 Å². The molecule has 1 aromatic heterocycles. The number of fused-ring (bicyclic) bond motifs is 5. The summed E-state index contributed by atoms with van der Waals surface area (Å²) < 4.78 is 40.0. The van der Waals surface area contributed by atoms with Gasteiger partial charge in [-0.1, -0.05) is 0 Å². The molecule has 0 saturated carbocycles. The molecule has 6 rings (SSSR count). The van der Waals surface area contributed by atoms with Gasteiger partial charge in [-0.25, -0.2) is 4.42 Å². The van der Waals surface area contributed by atoms with Gasteiger partial charge >= 0.3 is 11.3 Å². The van der Waals surface area contributed by atoms with Crippen LogP contribution in [0.1, 0.15) is 0 Å².